The van der Waals surface area contributed by atoms with Crippen molar-refractivity contribution in [1.29, 1.82) is 0 Å². The van der Waals surface area contributed by atoms with Crippen molar-refractivity contribution in [3.8, 4) is 0 Å². The predicted octanol–water partition coefficient (Wildman–Crippen LogP) is 0.0893. The van der Waals surface area contributed by atoms with E-state index in [1.807, 2.05) is 0 Å². The maximum Gasteiger partial charge on any atom is 0.234 e. The van der Waals surface area contributed by atoms with E-state index in [9.17, 15) is 9.00 Å². The molecule has 0 heterocycles. The van der Waals surface area contributed by atoms with Crippen molar-refractivity contribution >= 4 is 16.9 Å². The molecule has 1 atom stereocenters. The average molecular weight is 178 g/mol. The van der Waals surface area contributed by atoms with Gasteiger partial charge in [0.2, 0.25) is 5.91 Å². The Hall–Kier alpha value is -0.420. The van der Waals surface area contributed by atoms with Crippen LogP contribution in [0.15, 0.2) is 0 Å². The summed E-state index contributed by atoms with van der Waals surface area (Å²) in [5, 5.41) is 0.00663. The van der Waals surface area contributed by atoms with Crippen LogP contribution in [-0.2, 0) is 15.8 Å². The lowest BCUT2D eigenvalue weighted by Crippen LogP contribution is -2.40. The molecule has 11 heavy (non-hydrogen) atoms. The molecule has 1 amide bonds. The third-order valence-electron chi connectivity index (χ3n) is 1.04. The zero-order valence-corrected chi connectivity index (χ0v) is 7.83. The van der Waals surface area contributed by atoms with Gasteiger partial charge in [-0.25, -0.2) is 4.21 Å². The van der Waals surface area contributed by atoms with Crippen LogP contribution in [0.2, 0.25) is 0 Å². The molecule has 0 bridgehead atoms. The molecule has 4 nitrogen and oxygen atoms in total. The maximum absolute atomic E-state index is 10.9. The van der Waals surface area contributed by atoms with Crippen LogP contribution in [0.3, 0.4) is 0 Å². The quantitative estimate of drug-likeness (QED) is 0.599. The minimum Gasteiger partial charge on any atom is -0.280 e. The van der Waals surface area contributed by atoms with E-state index in [0.717, 1.165) is 0 Å². The standard InChI is InChI=1S/C6H14N2O2S/c1-4-6(9)7-8-11(10)5(2)3/h5,8H,4H2,1-3H3,(H,7,9). The normalized spacial score (nSPS) is 13.1. The molecule has 0 aromatic rings. The molecule has 0 spiro atoms. The van der Waals surface area contributed by atoms with Crippen molar-refractivity contribution < 1.29 is 9.00 Å². The van der Waals surface area contributed by atoms with Crippen molar-refractivity contribution in [3.05, 3.63) is 0 Å². The van der Waals surface area contributed by atoms with E-state index in [1.165, 1.54) is 0 Å². The first-order valence-electron chi connectivity index (χ1n) is 3.53. The minimum absolute atomic E-state index is 0.00663. The Balaban J connectivity index is 3.54. The summed E-state index contributed by atoms with van der Waals surface area (Å²) in [5.74, 6) is -0.154. The maximum atomic E-state index is 10.9. The fourth-order valence-corrected chi connectivity index (χ4v) is 0.764. The largest absolute Gasteiger partial charge is 0.280 e. The fourth-order valence-electron chi connectivity index (χ4n) is 0.313. The Morgan fingerprint density at radius 1 is 1.55 bits per heavy atom. The molecule has 0 saturated heterocycles. The highest BCUT2D eigenvalue weighted by atomic mass is 32.2. The van der Waals surface area contributed by atoms with Crippen LogP contribution < -0.4 is 10.3 Å². The molecule has 0 aliphatic heterocycles. The van der Waals surface area contributed by atoms with Crippen LogP contribution in [0.4, 0.5) is 0 Å². The van der Waals surface area contributed by atoms with Gasteiger partial charge in [0.1, 0.15) is 11.0 Å². The van der Waals surface area contributed by atoms with Crippen LogP contribution in [0.5, 0.6) is 0 Å². The smallest absolute Gasteiger partial charge is 0.234 e. The van der Waals surface area contributed by atoms with Crippen LogP contribution in [0.1, 0.15) is 27.2 Å². The van der Waals surface area contributed by atoms with Gasteiger partial charge in [-0.3, -0.25) is 10.2 Å². The van der Waals surface area contributed by atoms with Gasteiger partial charge in [0, 0.05) is 11.7 Å². The highest BCUT2D eigenvalue weighted by molar-refractivity contribution is 7.83. The topological polar surface area (TPSA) is 58.2 Å². The third kappa shape index (κ3) is 4.92. The minimum atomic E-state index is -1.18. The predicted molar refractivity (Wildman–Crippen MR) is 44.8 cm³/mol. The summed E-state index contributed by atoms with van der Waals surface area (Å²) < 4.78 is 10.9. The molecule has 0 rings (SSSR count). The highest BCUT2D eigenvalue weighted by Gasteiger charge is 2.04. The summed E-state index contributed by atoms with van der Waals surface area (Å²) in [7, 11) is -1.18. The van der Waals surface area contributed by atoms with E-state index in [2.05, 4.69) is 10.3 Å². The van der Waals surface area contributed by atoms with Crippen LogP contribution in [-0.4, -0.2) is 15.4 Å². The summed E-state index contributed by atoms with van der Waals surface area (Å²) in [6, 6.07) is 0. The number of nitrogens with one attached hydrogen (secondary N) is 2. The number of rotatable bonds is 4. The van der Waals surface area contributed by atoms with E-state index in [1.54, 1.807) is 20.8 Å². The molecule has 0 fully saturated rings. The van der Waals surface area contributed by atoms with E-state index in [-0.39, 0.29) is 11.2 Å². The molecule has 1 unspecified atom stereocenters. The number of carbonyl (C=O) groups excluding carboxylic acids is 1. The Kier molecular flexibility index (Phi) is 5.06. The van der Waals surface area contributed by atoms with E-state index in [0.29, 0.717) is 6.42 Å². The summed E-state index contributed by atoms with van der Waals surface area (Å²) in [6.07, 6.45) is 0.391. The van der Waals surface area contributed by atoms with Gasteiger partial charge in [0.25, 0.3) is 0 Å². The van der Waals surface area contributed by atoms with Crippen molar-refractivity contribution in [2.75, 3.05) is 0 Å². The molecule has 0 saturated carbocycles. The molecule has 5 heteroatoms. The summed E-state index contributed by atoms with van der Waals surface area (Å²) in [6.45, 7) is 5.34. The monoisotopic (exact) mass is 178 g/mol. The Morgan fingerprint density at radius 2 is 2.09 bits per heavy atom. The second kappa shape index (κ2) is 5.26. The number of hydrazine groups is 1. The van der Waals surface area contributed by atoms with Gasteiger partial charge in [-0.05, 0) is 13.8 Å². The Bertz CT molecular complexity index is 159. The molecular formula is C6H14N2O2S. The Morgan fingerprint density at radius 3 is 2.45 bits per heavy atom. The number of hydrogen-bond acceptors (Lipinski definition) is 2. The van der Waals surface area contributed by atoms with Gasteiger partial charge in [0.15, 0.2) is 0 Å². The van der Waals surface area contributed by atoms with Crippen LogP contribution in [0.25, 0.3) is 0 Å². The first kappa shape index (κ1) is 10.6. The fraction of sp³-hybridized carbons (Fsp3) is 0.833. The van der Waals surface area contributed by atoms with E-state index < -0.39 is 11.0 Å². The zero-order valence-electron chi connectivity index (χ0n) is 7.01. The third-order valence-corrected chi connectivity index (χ3v) is 2.20. The van der Waals surface area contributed by atoms with Gasteiger partial charge < -0.3 is 0 Å². The molecule has 66 valence electrons. The van der Waals surface area contributed by atoms with Gasteiger partial charge >= 0.3 is 0 Å². The second-order valence-corrected chi connectivity index (χ2v) is 4.09. The lowest BCUT2D eigenvalue weighted by molar-refractivity contribution is -0.121. The lowest BCUT2D eigenvalue weighted by atomic mass is 10.5. The molecule has 0 aliphatic rings. The van der Waals surface area contributed by atoms with E-state index in [4.69, 9.17) is 0 Å². The zero-order chi connectivity index (χ0) is 8.85. The lowest BCUT2D eigenvalue weighted by Gasteiger charge is -2.07. The summed E-state index contributed by atoms with van der Waals surface area (Å²) in [5.41, 5.74) is 2.32. The molecular weight excluding hydrogens is 164 g/mol. The van der Waals surface area contributed by atoms with Crippen molar-refractivity contribution in [3.63, 3.8) is 0 Å². The van der Waals surface area contributed by atoms with Gasteiger partial charge in [-0.1, -0.05) is 6.92 Å². The molecule has 0 aromatic heterocycles. The molecule has 2 N–H and O–H groups in total. The highest BCUT2D eigenvalue weighted by Crippen LogP contribution is 1.86. The summed E-state index contributed by atoms with van der Waals surface area (Å²) >= 11 is 0. The number of carbonyl (C=O) groups is 1. The second-order valence-electron chi connectivity index (χ2n) is 2.35. The Labute approximate surface area is 69.3 Å². The van der Waals surface area contributed by atoms with Gasteiger partial charge in [-0.15, -0.1) is 0 Å². The van der Waals surface area contributed by atoms with Crippen LogP contribution in [0, 0.1) is 0 Å². The molecule has 0 radical (unpaired) electrons. The number of amides is 1. The average Bonchev–Trinajstić information content (AvgIpc) is 1.99. The number of hydrogen-bond donors (Lipinski definition) is 2. The first-order valence-corrected chi connectivity index (χ1v) is 4.74. The van der Waals surface area contributed by atoms with Crippen molar-refractivity contribution in [2.24, 2.45) is 0 Å². The van der Waals surface area contributed by atoms with Crippen molar-refractivity contribution in [1.82, 2.24) is 10.3 Å². The van der Waals surface area contributed by atoms with Crippen molar-refractivity contribution in [2.45, 2.75) is 32.4 Å². The van der Waals surface area contributed by atoms with Gasteiger partial charge in [-0.2, -0.15) is 4.83 Å². The first-order chi connectivity index (χ1) is 5.07. The SMILES string of the molecule is CCC(=O)NNS(=O)C(C)C. The summed E-state index contributed by atoms with van der Waals surface area (Å²) in [4.78, 5) is 13.0. The molecule has 0 aliphatic carbocycles. The van der Waals surface area contributed by atoms with Crippen LogP contribution >= 0.6 is 0 Å². The van der Waals surface area contributed by atoms with E-state index >= 15 is 0 Å². The molecule has 0 aromatic carbocycles. The van der Waals surface area contributed by atoms with Gasteiger partial charge in [0.05, 0.1) is 0 Å².